The first kappa shape index (κ1) is 16.6. The van der Waals surface area contributed by atoms with Crippen molar-refractivity contribution < 1.29 is 13.9 Å². The largest absolute Gasteiger partial charge is 0.454 e. The van der Waals surface area contributed by atoms with Crippen molar-refractivity contribution in [3.05, 3.63) is 89.5 Å². The van der Waals surface area contributed by atoms with Gasteiger partial charge in [-0.05, 0) is 48.9 Å². The molecular weight excluding hydrogens is 319 g/mol. The summed E-state index contributed by atoms with van der Waals surface area (Å²) in [5.41, 5.74) is 2.29. The Hall–Kier alpha value is -3.21. The molecule has 0 unspecified atom stereocenters. The molecule has 0 bridgehead atoms. The molecular formula is C20H17FN2O2. The first-order valence-corrected chi connectivity index (χ1v) is 7.84. The summed E-state index contributed by atoms with van der Waals surface area (Å²) in [4.78, 5) is 16.2. The van der Waals surface area contributed by atoms with E-state index in [0.29, 0.717) is 17.9 Å². The molecule has 1 aromatic heterocycles. The maximum Gasteiger partial charge on any atom is 0.253 e. The number of ether oxygens (including phenoxy) is 1. The Kier molecular flexibility index (Phi) is 5.04. The molecule has 3 rings (SSSR count). The number of carbonyl (C=O) groups is 1. The van der Waals surface area contributed by atoms with E-state index in [1.165, 1.54) is 6.07 Å². The quantitative estimate of drug-likeness (QED) is 0.758. The van der Waals surface area contributed by atoms with Crippen LogP contribution >= 0.6 is 0 Å². The highest BCUT2D eigenvalue weighted by Gasteiger charge is 2.06. The standard InChI is InChI=1S/C20H17FN2O2/c1-14-6-9-16(13-22-14)20(24)23-12-15-7-10-17(11-8-15)25-19-5-3-2-4-18(19)21/h2-11,13H,12H2,1H3,(H,23,24). The Balaban J connectivity index is 1.58. The van der Waals surface area contributed by atoms with Crippen molar-refractivity contribution in [3.8, 4) is 11.5 Å². The van der Waals surface area contributed by atoms with Crippen LogP contribution in [0.3, 0.4) is 0 Å². The van der Waals surface area contributed by atoms with E-state index in [2.05, 4.69) is 10.3 Å². The fourth-order valence-corrected chi connectivity index (χ4v) is 2.22. The van der Waals surface area contributed by atoms with E-state index in [4.69, 9.17) is 4.74 Å². The molecule has 0 radical (unpaired) electrons. The zero-order chi connectivity index (χ0) is 17.6. The lowest BCUT2D eigenvalue weighted by molar-refractivity contribution is 0.0950. The SMILES string of the molecule is Cc1ccc(C(=O)NCc2ccc(Oc3ccccc3F)cc2)cn1. The number of pyridine rings is 1. The monoisotopic (exact) mass is 336 g/mol. The van der Waals surface area contributed by atoms with Gasteiger partial charge in [-0.1, -0.05) is 24.3 Å². The summed E-state index contributed by atoms with van der Waals surface area (Å²) in [6.45, 7) is 2.25. The summed E-state index contributed by atoms with van der Waals surface area (Å²) in [5.74, 6) is 0.114. The van der Waals surface area contributed by atoms with Gasteiger partial charge in [0.15, 0.2) is 11.6 Å². The maximum absolute atomic E-state index is 13.6. The average Bonchev–Trinajstić information content (AvgIpc) is 2.63. The van der Waals surface area contributed by atoms with Crippen molar-refractivity contribution in [2.75, 3.05) is 0 Å². The minimum Gasteiger partial charge on any atom is -0.454 e. The van der Waals surface area contributed by atoms with Gasteiger partial charge in [0.1, 0.15) is 5.75 Å². The number of benzene rings is 2. The average molecular weight is 336 g/mol. The number of aromatic nitrogens is 1. The smallest absolute Gasteiger partial charge is 0.253 e. The number of hydrogen-bond donors (Lipinski definition) is 1. The van der Waals surface area contributed by atoms with Crippen LogP contribution in [0.15, 0.2) is 66.9 Å². The van der Waals surface area contributed by atoms with Crippen molar-refractivity contribution in [1.82, 2.24) is 10.3 Å². The fourth-order valence-electron chi connectivity index (χ4n) is 2.22. The highest BCUT2D eigenvalue weighted by atomic mass is 19.1. The van der Waals surface area contributed by atoms with E-state index in [-0.39, 0.29) is 11.7 Å². The van der Waals surface area contributed by atoms with Gasteiger partial charge >= 0.3 is 0 Å². The van der Waals surface area contributed by atoms with Crippen molar-refractivity contribution in [2.45, 2.75) is 13.5 Å². The topological polar surface area (TPSA) is 51.2 Å². The maximum atomic E-state index is 13.6. The van der Waals surface area contributed by atoms with Crippen LogP contribution < -0.4 is 10.1 Å². The number of hydrogen-bond acceptors (Lipinski definition) is 3. The highest BCUT2D eigenvalue weighted by molar-refractivity contribution is 5.93. The number of nitrogens with one attached hydrogen (secondary N) is 1. The molecule has 0 atom stereocenters. The predicted molar refractivity (Wildman–Crippen MR) is 93.1 cm³/mol. The molecule has 1 amide bonds. The van der Waals surface area contributed by atoms with Gasteiger partial charge in [0.05, 0.1) is 5.56 Å². The van der Waals surface area contributed by atoms with Gasteiger partial charge in [-0.25, -0.2) is 4.39 Å². The number of rotatable bonds is 5. The van der Waals surface area contributed by atoms with Gasteiger partial charge in [-0.15, -0.1) is 0 Å². The van der Waals surface area contributed by atoms with Crippen LogP contribution in [-0.4, -0.2) is 10.9 Å². The van der Waals surface area contributed by atoms with Crippen LogP contribution in [0.25, 0.3) is 0 Å². The molecule has 0 fully saturated rings. The van der Waals surface area contributed by atoms with Gasteiger partial charge in [0.2, 0.25) is 0 Å². The summed E-state index contributed by atoms with van der Waals surface area (Å²) >= 11 is 0. The highest BCUT2D eigenvalue weighted by Crippen LogP contribution is 2.24. The molecule has 0 saturated heterocycles. The molecule has 0 aliphatic rings. The molecule has 126 valence electrons. The zero-order valence-electron chi connectivity index (χ0n) is 13.7. The van der Waals surface area contributed by atoms with E-state index in [1.807, 2.05) is 19.1 Å². The summed E-state index contributed by atoms with van der Waals surface area (Å²) in [6.07, 6.45) is 1.55. The molecule has 0 aliphatic heterocycles. The third kappa shape index (κ3) is 4.41. The third-order valence-electron chi connectivity index (χ3n) is 3.61. The minimum atomic E-state index is -0.412. The lowest BCUT2D eigenvalue weighted by atomic mass is 10.2. The Labute approximate surface area is 145 Å². The number of para-hydroxylation sites is 1. The van der Waals surface area contributed by atoms with Gasteiger partial charge in [-0.2, -0.15) is 0 Å². The molecule has 2 aromatic carbocycles. The van der Waals surface area contributed by atoms with Crippen molar-refractivity contribution in [2.24, 2.45) is 0 Å². The number of carbonyl (C=O) groups excluding carboxylic acids is 1. The second-order valence-electron chi connectivity index (χ2n) is 5.55. The van der Waals surface area contributed by atoms with E-state index < -0.39 is 5.82 Å². The molecule has 3 aromatic rings. The molecule has 0 saturated carbocycles. The third-order valence-corrected chi connectivity index (χ3v) is 3.61. The molecule has 0 spiro atoms. The molecule has 4 nitrogen and oxygen atoms in total. The van der Waals surface area contributed by atoms with Crippen LogP contribution in [0.1, 0.15) is 21.6 Å². The summed E-state index contributed by atoms with van der Waals surface area (Å²) in [6, 6.07) is 16.9. The fraction of sp³-hybridized carbons (Fsp3) is 0.100. The second-order valence-corrected chi connectivity index (χ2v) is 5.55. The molecule has 25 heavy (non-hydrogen) atoms. The van der Waals surface area contributed by atoms with Crippen molar-refractivity contribution >= 4 is 5.91 Å². The summed E-state index contributed by atoms with van der Waals surface area (Å²) in [5, 5.41) is 2.83. The lowest BCUT2D eigenvalue weighted by Crippen LogP contribution is -2.22. The Morgan fingerprint density at radius 3 is 2.52 bits per heavy atom. The van der Waals surface area contributed by atoms with Gasteiger partial charge < -0.3 is 10.1 Å². The van der Waals surface area contributed by atoms with Gasteiger partial charge in [0.25, 0.3) is 5.91 Å². The molecule has 1 N–H and O–H groups in total. The summed E-state index contributed by atoms with van der Waals surface area (Å²) in [7, 11) is 0. The Morgan fingerprint density at radius 1 is 1.08 bits per heavy atom. The van der Waals surface area contributed by atoms with Crippen LogP contribution in [0.4, 0.5) is 4.39 Å². The minimum absolute atomic E-state index is 0.176. The lowest BCUT2D eigenvalue weighted by Gasteiger charge is -2.08. The first-order chi connectivity index (χ1) is 12.1. The molecule has 0 aliphatic carbocycles. The van der Waals surface area contributed by atoms with E-state index >= 15 is 0 Å². The van der Waals surface area contributed by atoms with Crippen molar-refractivity contribution in [1.29, 1.82) is 0 Å². The predicted octanol–water partition coefficient (Wildman–Crippen LogP) is 4.25. The normalized spacial score (nSPS) is 10.3. The first-order valence-electron chi connectivity index (χ1n) is 7.84. The van der Waals surface area contributed by atoms with Crippen LogP contribution in [0.5, 0.6) is 11.5 Å². The number of nitrogens with zero attached hydrogens (tertiary/aromatic N) is 1. The van der Waals surface area contributed by atoms with Crippen molar-refractivity contribution in [3.63, 3.8) is 0 Å². The zero-order valence-corrected chi connectivity index (χ0v) is 13.7. The summed E-state index contributed by atoms with van der Waals surface area (Å²) < 4.78 is 19.1. The second kappa shape index (κ2) is 7.57. The molecule has 5 heteroatoms. The Bertz CT molecular complexity index is 862. The van der Waals surface area contributed by atoms with Crippen LogP contribution in [0, 0.1) is 12.7 Å². The van der Waals surface area contributed by atoms with E-state index in [1.54, 1.807) is 48.7 Å². The number of aryl methyl sites for hydroxylation is 1. The molecule has 1 heterocycles. The Morgan fingerprint density at radius 2 is 1.84 bits per heavy atom. The number of halogens is 1. The van der Waals surface area contributed by atoms with Gasteiger partial charge in [-0.3, -0.25) is 9.78 Å². The van der Waals surface area contributed by atoms with Gasteiger partial charge in [0, 0.05) is 18.4 Å². The number of amides is 1. The van der Waals surface area contributed by atoms with Crippen LogP contribution in [-0.2, 0) is 6.54 Å². The van der Waals surface area contributed by atoms with E-state index in [9.17, 15) is 9.18 Å². The van der Waals surface area contributed by atoms with E-state index in [0.717, 1.165) is 11.3 Å². The van der Waals surface area contributed by atoms with Crippen LogP contribution in [0.2, 0.25) is 0 Å².